The predicted octanol–water partition coefficient (Wildman–Crippen LogP) is 2.91. The van der Waals surface area contributed by atoms with Gasteiger partial charge in [0.25, 0.3) is 0 Å². The van der Waals surface area contributed by atoms with Crippen LogP contribution in [0.1, 0.15) is 16.1 Å². The molecule has 0 bridgehead atoms. The van der Waals surface area contributed by atoms with E-state index < -0.39 is 0 Å². The van der Waals surface area contributed by atoms with Crippen LogP contribution >= 0.6 is 11.3 Å². The van der Waals surface area contributed by atoms with Crippen molar-refractivity contribution in [1.29, 1.82) is 0 Å². The summed E-state index contributed by atoms with van der Waals surface area (Å²) in [5, 5.41) is 14.0. The molecule has 0 aliphatic carbocycles. The standard InChI is InChI=1S/C12H13N3OS/c1-8-9(2)17-12(14-8)15-13-7-10-3-5-11(16)6-4-10/h3-7,16H,1-2H3,(H,14,15)/b13-7+. The van der Waals surface area contributed by atoms with Gasteiger partial charge in [-0.2, -0.15) is 5.10 Å². The number of aryl methyl sites for hydroxylation is 2. The van der Waals surface area contributed by atoms with E-state index in [-0.39, 0.29) is 5.75 Å². The first kappa shape index (κ1) is 11.6. The highest BCUT2D eigenvalue weighted by molar-refractivity contribution is 7.15. The highest BCUT2D eigenvalue weighted by Crippen LogP contribution is 2.20. The molecule has 2 aromatic rings. The minimum atomic E-state index is 0.251. The van der Waals surface area contributed by atoms with Gasteiger partial charge in [0.15, 0.2) is 0 Å². The van der Waals surface area contributed by atoms with Crippen LogP contribution in [0.25, 0.3) is 0 Å². The van der Waals surface area contributed by atoms with E-state index in [1.807, 2.05) is 13.8 Å². The molecule has 0 radical (unpaired) electrons. The number of hydrazone groups is 1. The number of thiazole rings is 1. The van der Waals surface area contributed by atoms with Crippen molar-refractivity contribution < 1.29 is 5.11 Å². The highest BCUT2D eigenvalue weighted by Gasteiger charge is 2.00. The third kappa shape index (κ3) is 3.04. The first-order chi connectivity index (χ1) is 8.15. The number of hydrogen-bond donors (Lipinski definition) is 2. The van der Waals surface area contributed by atoms with Gasteiger partial charge in [-0.15, -0.1) is 11.3 Å². The van der Waals surface area contributed by atoms with Crippen LogP contribution < -0.4 is 5.43 Å². The molecular formula is C12H13N3OS. The molecule has 1 aromatic heterocycles. The minimum Gasteiger partial charge on any atom is -0.508 e. The lowest BCUT2D eigenvalue weighted by Gasteiger charge is -1.94. The average Bonchev–Trinajstić information content (AvgIpc) is 2.61. The number of aromatic hydroxyl groups is 1. The van der Waals surface area contributed by atoms with Crippen molar-refractivity contribution in [2.45, 2.75) is 13.8 Å². The lowest BCUT2D eigenvalue weighted by molar-refractivity contribution is 0.475. The van der Waals surface area contributed by atoms with Crippen molar-refractivity contribution in [2.75, 3.05) is 5.43 Å². The molecule has 0 saturated carbocycles. The molecule has 0 atom stereocenters. The molecule has 2 rings (SSSR count). The second kappa shape index (κ2) is 4.97. The summed E-state index contributed by atoms with van der Waals surface area (Å²) in [4.78, 5) is 5.50. The summed E-state index contributed by atoms with van der Waals surface area (Å²) in [6.45, 7) is 4.00. The maximum Gasteiger partial charge on any atom is 0.203 e. The number of anilines is 1. The Morgan fingerprint density at radius 3 is 2.59 bits per heavy atom. The van der Waals surface area contributed by atoms with Crippen LogP contribution in [-0.2, 0) is 0 Å². The van der Waals surface area contributed by atoms with Crippen molar-refractivity contribution in [1.82, 2.24) is 4.98 Å². The summed E-state index contributed by atoms with van der Waals surface area (Å²) in [7, 11) is 0. The quantitative estimate of drug-likeness (QED) is 0.647. The Kier molecular flexibility index (Phi) is 3.39. The smallest absolute Gasteiger partial charge is 0.203 e. The molecule has 0 spiro atoms. The number of aromatic nitrogens is 1. The zero-order valence-electron chi connectivity index (χ0n) is 9.64. The van der Waals surface area contributed by atoms with E-state index in [1.54, 1.807) is 41.8 Å². The molecule has 88 valence electrons. The Morgan fingerprint density at radius 1 is 1.29 bits per heavy atom. The number of benzene rings is 1. The largest absolute Gasteiger partial charge is 0.508 e. The zero-order valence-corrected chi connectivity index (χ0v) is 10.5. The first-order valence-corrected chi connectivity index (χ1v) is 5.99. The fraction of sp³-hybridized carbons (Fsp3) is 0.167. The molecule has 1 heterocycles. The topological polar surface area (TPSA) is 57.5 Å². The number of hydrogen-bond acceptors (Lipinski definition) is 5. The van der Waals surface area contributed by atoms with Gasteiger partial charge in [0.2, 0.25) is 5.13 Å². The third-order valence-corrected chi connectivity index (χ3v) is 3.27. The normalized spacial score (nSPS) is 10.9. The van der Waals surface area contributed by atoms with Gasteiger partial charge in [-0.05, 0) is 43.7 Å². The van der Waals surface area contributed by atoms with Crippen LogP contribution in [0.2, 0.25) is 0 Å². The van der Waals surface area contributed by atoms with Crippen LogP contribution in [-0.4, -0.2) is 16.3 Å². The minimum absolute atomic E-state index is 0.251. The van der Waals surface area contributed by atoms with Crippen molar-refractivity contribution in [3.8, 4) is 5.75 Å². The SMILES string of the molecule is Cc1nc(N/N=C/c2ccc(O)cc2)sc1C. The summed E-state index contributed by atoms with van der Waals surface area (Å²) >= 11 is 1.58. The molecule has 0 amide bonds. The zero-order chi connectivity index (χ0) is 12.3. The van der Waals surface area contributed by atoms with Gasteiger partial charge in [0.1, 0.15) is 5.75 Å². The monoisotopic (exact) mass is 247 g/mol. The van der Waals surface area contributed by atoms with E-state index >= 15 is 0 Å². The summed E-state index contributed by atoms with van der Waals surface area (Å²) in [5.41, 5.74) is 4.83. The summed E-state index contributed by atoms with van der Waals surface area (Å²) < 4.78 is 0. The van der Waals surface area contributed by atoms with E-state index in [9.17, 15) is 0 Å². The maximum absolute atomic E-state index is 9.12. The molecule has 4 nitrogen and oxygen atoms in total. The Balaban J connectivity index is 2.00. The first-order valence-electron chi connectivity index (χ1n) is 5.17. The number of rotatable bonds is 3. The van der Waals surface area contributed by atoms with Crippen LogP contribution in [0.15, 0.2) is 29.4 Å². The Morgan fingerprint density at radius 2 is 2.00 bits per heavy atom. The average molecular weight is 247 g/mol. The fourth-order valence-corrected chi connectivity index (χ4v) is 2.01. The molecule has 2 N–H and O–H groups in total. The predicted molar refractivity (Wildman–Crippen MR) is 70.9 cm³/mol. The van der Waals surface area contributed by atoms with Gasteiger partial charge in [-0.3, -0.25) is 5.43 Å². The lowest BCUT2D eigenvalue weighted by Crippen LogP contribution is -1.89. The molecule has 0 aliphatic rings. The van der Waals surface area contributed by atoms with E-state index in [2.05, 4.69) is 15.5 Å². The number of nitrogens with zero attached hydrogens (tertiary/aromatic N) is 2. The molecule has 17 heavy (non-hydrogen) atoms. The second-order valence-electron chi connectivity index (χ2n) is 3.62. The number of nitrogens with one attached hydrogen (secondary N) is 1. The summed E-state index contributed by atoms with van der Waals surface area (Å²) in [6.07, 6.45) is 1.69. The molecule has 0 aliphatic heterocycles. The molecule has 0 fully saturated rings. The lowest BCUT2D eigenvalue weighted by atomic mass is 10.2. The van der Waals surface area contributed by atoms with E-state index in [0.717, 1.165) is 16.4 Å². The Labute approximate surface area is 104 Å². The van der Waals surface area contributed by atoms with Crippen molar-refractivity contribution in [2.24, 2.45) is 5.10 Å². The number of phenols is 1. The Hall–Kier alpha value is -1.88. The fourth-order valence-electron chi connectivity index (χ4n) is 1.24. The van der Waals surface area contributed by atoms with E-state index in [1.165, 1.54) is 4.88 Å². The summed E-state index contributed by atoms with van der Waals surface area (Å²) in [6, 6.07) is 6.83. The van der Waals surface area contributed by atoms with Crippen LogP contribution in [0.4, 0.5) is 5.13 Å². The van der Waals surface area contributed by atoms with Crippen molar-refractivity contribution in [3.63, 3.8) is 0 Å². The van der Waals surface area contributed by atoms with Gasteiger partial charge in [0.05, 0.1) is 11.9 Å². The molecular weight excluding hydrogens is 234 g/mol. The van der Waals surface area contributed by atoms with Gasteiger partial charge < -0.3 is 5.11 Å². The molecule has 1 aromatic carbocycles. The van der Waals surface area contributed by atoms with Gasteiger partial charge in [0, 0.05) is 4.88 Å². The molecule has 0 unspecified atom stereocenters. The van der Waals surface area contributed by atoms with Crippen molar-refractivity contribution in [3.05, 3.63) is 40.4 Å². The molecule has 5 heteroatoms. The van der Waals surface area contributed by atoms with Gasteiger partial charge in [-0.1, -0.05) is 0 Å². The Bertz CT molecular complexity index is 512. The van der Waals surface area contributed by atoms with Crippen LogP contribution in [0, 0.1) is 13.8 Å². The number of phenolic OH excluding ortho intramolecular Hbond substituents is 1. The maximum atomic E-state index is 9.12. The van der Waals surface area contributed by atoms with E-state index in [4.69, 9.17) is 5.11 Å². The third-order valence-electron chi connectivity index (χ3n) is 2.30. The van der Waals surface area contributed by atoms with Gasteiger partial charge in [-0.25, -0.2) is 4.98 Å². The van der Waals surface area contributed by atoms with Crippen LogP contribution in [0.3, 0.4) is 0 Å². The van der Waals surface area contributed by atoms with Crippen LogP contribution in [0.5, 0.6) is 5.75 Å². The second-order valence-corrected chi connectivity index (χ2v) is 4.83. The summed E-state index contributed by atoms with van der Waals surface area (Å²) in [5.74, 6) is 0.251. The van der Waals surface area contributed by atoms with Gasteiger partial charge >= 0.3 is 0 Å². The van der Waals surface area contributed by atoms with E-state index in [0.29, 0.717) is 0 Å². The highest BCUT2D eigenvalue weighted by atomic mass is 32.1. The molecule has 0 saturated heterocycles. The van der Waals surface area contributed by atoms with Crippen molar-refractivity contribution >= 4 is 22.7 Å².